The van der Waals surface area contributed by atoms with Crippen molar-refractivity contribution in [1.29, 1.82) is 0 Å². The van der Waals surface area contributed by atoms with Crippen molar-refractivity contribution in [3.63, 3.8) is 0 Å². The molecule has 0 unspecified atom stereocenters. The first-order valence-corrected chi connectivity index (χ1v) is 6.58. The van der Waals surface area contributed by atoms with E-state index in [1.165, 1.54) is 6.92 Å². The largest absolute Gasteiger partial charge is 0.457 e. The Morgan fingerprint density at radius 1 is 1.24 bits per heavy atom. The predicted octanol–water partition coefficient (Wildman–Crippen LogP) is 2.77. The number of hydrogen-bond donors (Lipinski definition) is 1. The van der Waals surface area contributed by atoms with Gasteiger partial charge in [-0.05, 0) is 46.8 Å². The third-order valence-corrected chi connectivity index (χ3v) is 2.59. The van der Waals surface area contributed by atoms with Crippen LogP contribution in [0.3, 0.4) is 0 Å². The molecule has 0 radical (unpaired) electrons. The Hall–Kier alpha value is -2.30. The molecule has 0 aromatic heterocycles. The minimum absolute atomic E-state index is 0.158. The summed E-state index contributed by atoms with van der Waals surface area (Å²) in [4.78, 5) is 23.6. The van der Waals surface area contributed by atoms with E-state index in [4.69, 9.17) is 15.2 Å². The molecule has 0 atom stereocenters. The summed E-state index contributed by atoms with van der Waals surface area (Å²) in [5, 5.41) is 0. The van der Waals surface area contributed by atoms with Crippen LogP contribution in [0, 0.1) is 6.92 Å². The van der Waals surface area contributed by atoms with E-state index in [-0.39, 0.29) is 5.57 Å². The number of carbonyl (C=O) groups excluding carboxylic acids is 2. The molecule has 0 bridgehead atoms. The van der Waals surface area contributed by atoms with Crippen LogP contribution in [0.15, 0.2) is 29.8 Å². The molecule has 1 aromatic carbocycles. The summed E-state index contributed by atoms with van der Waals surface area (Å²) in [5.74, 6) is -0.826. The van der Waals surface area contributed by atoms with E-state index in [0.29, 0.717) is 17.0 Å². The molecular weight excluding hydrogens is 270 g/mol. The van der Waals surface area contributed by atoms with Crippen molar-refractivity contribution in [2.75, 3.05) is 5.73 Å². The first kappa shape index (κ1) is 16.8. The van der Waals surface area contributed by atoms with E-state index in [2.05, 4.69) is 0 Å². The summed E-state index contributed by atoms with van der Waals surface area (Å²) in [6.07, 6.45) is 1.12. The Kier molecular flexibility index (Phi) is 5.13. The molecule has 2 N–H and O–H groups in total. The van der Waals surface area contributed by atoms with Gasteiger partial charge in [0.1, 0.15) is 11.4 Å². The van der Waals surface area contributed by atoms with Crippen LogP contribution in [-0.2, 0) is 14.3 Å². The number of hydrogen-bond acceptors (Lipinski definition) is 5. The molecule has 0 saturated carbocycles. The van der Waals surface area contributed by atoms with Crippen LogP contribution in [0.4, 0.5) is 5.69 Å². The van der Waals surface area contributed by atoms with Gasteiger partial charge in [0, 0.05) is 22.9 Å². The monoisotopic (exact) mass is 291 g/mol. The summed E-state index contributed by atoms with van der Waals surface area (Å²) < 4.78 is 10.3. The predicted molar refractivity (Wildman–Crippen MR) is 80.8 cm³/mol. The summed E-state index contributed by atoms with van der Waals surface area (Å²) in [6.45, 7) is 8.51. The quantitative estimate of drug-likeness (QED) is 0.401. The zero-order valence-corrected chi connectivity index (χ0v) is 13.0. The van der Waals surface area contributed by atoms with Gasteiger partial charge in [0.05, 0.1) is 0 Å². The Morgan fingerprint density at radius 2 is 1.86 bits per heavy atom. The number of ether oxygens (including phenoxy) is 2. The molecule has 0 heterocycles. The molecular formula is C16H21NO4. The molecule has 0 aliphatic carbocycles. The van der Waals surface area contributed by atoms with Crippen LogP contribution in [-0.4, -0.2) is 17.5 Å². The highest BCUT2D eigenvalue weighted by Gasteiger charge is 2.17. The van der Waals surface area contributed by atoms with Gasteiger partial charge in [-0.15, -0.1) is 0 Å². The number of carbonyl (C=O) groups is 2. The van der Waals surface area contributed by atoms with Crippen molar-refractivity contribution >= 4 is 17.6 Å². The highest BCUT2D eigenvalue weighted by atomic mass is 16.6. The molecule has 0 saturated heterocycles. The Labute approximate surface area is 124 Å². The van der Waals surface area contributed by atoms with E-state index in [9.17, 15) is 9.59 Å². The molecule has 114 valence electrons. The number of anilines is 1. The third kappa shape index (κ3) is 5.30. The fourth-order valence-electron chi connectivity index (χ4n) is 1.49. The zero-order valence-electron chi connectivity index (χ0n) is 13.0. The lowest BCUT2D eigenvalue weighted by atomic mass is 10.2. The lowest BCUT2D eigenvalue weighted by molar-refractivity contribution is -0.149. The molecule has 21 heavy (non-hydrogen) atoms. The Bertz CT molecular complexity index is 582. The second-order valence-corrected chi connectivity index (χ2v) is 5.72. The normalized spacial score (nSPS) is 12.0. The summed E-state index contributed by atoms with van der Waals surface area (Å²) >= 11 is 0. The lowest BCUT2D eigenvalue weighted by Crippen LogP contribution is -2.23. The van der Waals surface area contributed by atoms with Gasteiger partial charge in [-0.2, -0.15) is 0 Å². The van der Waals surface area contributed by atoms with Gasteiger partial charge in [0.25, 0.3) is 0 Å². The second-order valence-electron chi connectivity index (χ2n) is 5.72. The Balaban J connectivity index is 2.79. The fourth-order valence-corrected chi connectivity index (χ4v) is 1.49. The summed E-state index contributed by atoms with van der Waals surface area (Å²) in [5.41, 5.74) is 6.51. The molecule has 1 aromatic rings. The minimum atomic E-state index is -0.616. The summed E-state index contributed by atoms with van der Waals surface area (Å²) in [7, 11) is 0. The average Bonchev–Trinajstić information content (AvgIpc) is 2.32. The lowest BCUT2D eigenvalue weighted by Gasteiger charge is -2.18. The van der Waals surface area contributed by atoms with Crippen molar-refractivity contribution in [1.82, 2.24) is 0 Å². The number of esters is 2. The smallest absolute Gasteiger partial charge is 0.339 e. The molecule has 1 rings (SSSR count). The van der Waals surface area contributed by atoms with Crippen molar-refractivity contribution in [2.45, 2.75) is 40.2 Å². The van der Waals surface area contributed by atoms with Gasteiger partial charge in [-0.1, -0.05) is 6.07 Å². The maximum Gasteiger partial charge on any atom is 0.339 e. The number of benzene rings is 1. The molecule has 0 spiro atoms. The number of rotatable bonds is 3. The highest BCUT2D eigenvalue weighted by molar-refractivity contribution is 5.97. The maximum atomic E-state index is 11.9. The van der Waals surface area contributed by atoms with Crippen LogP contribution >= 0.6 is 0 Å². The molecule has 5 heteroatoms. The van der Waals surface area contributed by atoms with Crippen LogP contribution in [0.2, 0.25) is 0 Å². The summed E-state index contributed by atoms with van der Waals surface area (Å²) in [6, 6.07) is 5.05. The van der Waals surface area contributed by atoms with Gasteiger partial charge < -0.3 is 15.2 Å². The van der Waals surface area contributed by atoms with Crippen molar-refractivity contribution in [3.05, 3.63) is 35.4 Å². The van der Waals surface area contributed by atoms with Gasteiger partial charge in [0.2, 0.25) is 0 Å². The van der Waals surface area contributed by atoms with E-state index in [0.717, 1.165) is 6.08 Å². The van der Waals surface area contributed by atoms with Crippen LogP contribution in [0.1, 0.15) is 33.3 Å². The van der Waals surface area contributed by atoms with Crippen molar-refractivity contribution in [2.24, 2.45) is 0 Å². The molecule has 5 nitrogen and oxygen atoms in total. The number of nitrogens with two attached hydrogens (primary N) is 1. The molecule has 0 amide bonds. The standard InChI is InChI=1S/C16H21NO4/c1-10(9-14(18)21-16(3,4)5)15(19)20-13-8-6-7-12(17)11(13)2/h6-9H,17H2,1-5H3. The van der Waals surface area contributed by atoms with Gasteiger partial charge in [-0.3, -0.25) is 0 Å². The molecule has 0 aliphatic rings. The third-order valence-electron chi connectivity index (χ3n) is 2.59. The van der Waals surface area contributed by atoms with Gasteiger partial charge in [0.15, 0.2) is 0 Å². The minimum Gasteiger partial charge on any atom is -0.457 e. The molecule has 0 aliphatic heterocycles. The Morgan fingerprint density at radius 3 is 2.43 bits per heavy atom. The SMILES string of the molecule is CC(=CC(=O)OC(C)(C)C)C(=O)Oc1cccc(N)c1C. The van der Waals surface area contributed by atoms with Crippen molar-refractivity contribution < 1.29 is 19.1 Å². The molecule has 0 fully saturated rings. The number of nitrogen functional groups attached to an aromatic ring is 1. The maximum absolute atomic E-state index is 11.9. The highest BCUT2D eigenvalue weighted by Crippen LogP contribution is 2.23. The van der Waals surface area contributed by atoms with E-state index in [1.54, 1.807) is 45.9 Å². The fraction of sp³-hybridized carbons (Fsp3) is 0.375. The van der Waals surface area contributed by atoms with Gasteiger partial charge in [-0.25, -0.2) is 9.59 Å². The zero-order chi connectivity index (χ0) is 16.2. The van der Waals surface area contributed by atoms with Gasteiger partial charge >= 0.3 is 11.9 Å². The van der Waals surface area contributed by atoms with Crippen molar-refractivity contribution in [3.8, 4) is 5.75 Å². The average molecular weight is 291 g/mol. The second kappa shape index (κ2) is 6.43. The van der Waals surface area contributed by atoms with Crippen LogP contribution < -0.4 is 10.5 Å². The topological polar surface area (TPSA) is 78.6 Å². The van der Waals surface area contributed by atoms with E-state index >= 15 is 0 Å². The van der Waals surface area contributed by atoms with E-state index in [1.807, 2.05) is 0 Å². The van der Waals surface area contributed by atoms with Crippen LogP contribution in [0.25, 0.3) is 0 Å². The first-order valence-electron chi connectivity index (χ1n) is 6.58. The van der Waals surface area contributed by atoms with Crippen LogP contribution in [0.5, 0.6) is 5.75 Å². The first-order chi connectivity index (χ1) is 9.60. The van der Waals surface area contributed by atoms with E-state index < -0.39 is 17.5 Å².